The van der Waals surface area contributed by atoms with Gasteiger partial charge in [-0.1, -0.05) is 11.3 Å². The van der Waals surface area contributed by atoms with E-state index >= 15 is 0 Å². The molecule has 1 aromatic carbocycles. The van der Waals surface area contributed by atoms with Crippen molar-refractivity contribution in [2.45, 2.75) is 17.8 Å². The van der Waals surface area contributed by atoms with Crippen molar-refractivity contribution in [2.24, 2.45) is 0 Å². The van der Waals surface area contributed by atoms with Crippen LogP contribution in [0.3, 0.4) is 0 Å². The van der Waals surface area contributed by atoms with E-state index in [1.807, 2.05) is 17.7 Å². The number of nitrogens with one attached hydrogen (secondary N) is 1. The maximum Gasteiger partial charge on any atom is 0.303 e. The molecule has 0 atom stereocenters. The Morgan fingerprint density at radius 2 is 2.11 bits per heavy atom. The van der Waals surface area contributed by atoms with E-state index < -0.39 is 11.6 Å². The molecule has 0 radical (unpaired) electrons. The van der Waals surface area contributed by atoms with Gasteiger partial charge < -0.3 is 29.3 Å². The third-order valence-corrected chi connectivity index (χ3v) is 5.20. The summed E-state index contributed by atoms with van der Waals surface area (Å²) in [5.41, 5.74) is 2.05. The monoisotopic (exact) mass is 412 g/mol. The van der Waals surface area contributed by atoms with Crippen molar-refractivity contribution in [3.63, 3.8) is 0 Å². The van der Waals surface area contributed by atoms with E-state index in [0.717, 1.165) is 10.0 Å². The summed E-state index contributed by atoms with van der Waals surface area (Å²) in [6.07, 6.45) is 1.99. The fourth-order valence-electron chi connectivity index (χ4n) is 2.15. The molecule has 1 aliphatic heterocycles. The van der Waals surface area contributed by atoms with Gasteiger partial charge in [-0.25, -0.2) is 8.78 Å². The number of hydrogen-bond acceptors (Lipinski definition) is 3. The molecule has 0 unspecified atom stereocenters. The number of rotatable bonds is 1. The Labute approximate surface area is 135 Å². The van der Waals surface area contributed by atoms with Crippen molar-refractivity contribution in [3.8, 4) is 5.69 Å². The minimum absolute atomic E-state index is 0. The topological polar surface area (TPSA) is 15.9 Å². The number of thiazole rings is 1. The molecule has 1 aromatic heterocycles. The molecule has 102 valence electrons. The molecule has 1 N–H and O–H groups in total. The normalized spacial score (nSPS) is 12.2. The third-order valence-electron chi connectivity index (χ3n) is 3.02. The highest BCUT2D eigenvalue weighted by molar-refractivity contribution is 8.00. The molecule has 2 nitrogen and oxygen atoms in total. The van der Waals surface area contributed by atoms with Crippen molar-refractivity contribution in [2.75, 3.05) is 11.6 Å². The van der Waals surface area contributed by atoms with Crippen LogP contribution in [0.15, 0.2) is 16.5 Å². The van der Waals surface area contributed by atoms with Gasteiger partial charge in [-0.3, -0.25) is 0 Å². The minimum atomic E-state index is -0.817. The number of aromatic nitrogens is 1. The lowest BCUT2D eigenvalue weighted by Gasteiger charge is -2.14. The van der Waals surface area contributed by atoms with Crippen LogP contribution in [0.5, 0.6) is 0 Å². The molecule has 2 heterocycles. The van der Waals surface area contributed by atoms with E-state index in [0.29, 0.717) is 12.2 Å². The molecule has 0 fully saturated rings. The highest BCUT2D eigenvalue weighted by Crippen LogP contribution is 2.33. The second-order valence-electron chi connectivity index (χ2n) is 4.02. The second-order valence-corrected chi connectivity index (χ2v) is 6.28. The van der Waals surface area contributed by atoms with E-state index in [-0.39, 0.29) is 29.7 Å². The molecule has 0 saturated carbocycles. The fourth-order valence-corrected chi connectivity index (χ4v) is 4.09. The smallest absolute Gasteiger partial charge is 0.303 e. The van der Waals surface area contributed by atoms with Crippen LogP contribution in [0.2, 0.25) is 0 Å². The summed E-state index contributed by atoms with van der Waals surface area (Å²) >= 11 is 3.29. The molecule has 7 heteroatoms. The quantitative estimate of drug-likeness (QED) is 0.411. The van der Waals surface area contributed by atoms with Crippen LogP contribution in [0, 0.1) is 18.6 Å². The van der Waals surface area contributed by atoms with E-state index in [1.165, 1.54) is 10.9 Å². The molecule has 0 bridgehead atoms. The first-order chi connectivity index (χ1) is 8.63. The van der Waals surface area contributed by atoms with Gasteiger partial charge in [0.1, 0.15) is 12.2 Å². The first kappa shape index (κ1) is 15.0. The zero-order valence-corrected chi connectivity index (χ0v) is 14.0. The van der Waals surface area contributed by atoms with Gasteiger partial charge in [0.2, 0.25) is 11.4 Å². The molecular formula is C12H11F2IN2S2. The molecular weight excluding hydrogens is 401 g/mol. The van der Waals surface area contributed by atoms with Crippen LogP contribution in [0.4, 0.5) is 14.5 Å². The summed E-state index contributed by atoms with van der Waals surface area (Å²) in [6.45, 7) is 2.57. The Morgan fingerprint density at radius 1 is 1.37 bits per heavy atom. The highest BCUT2D eigenvalue weighted by Gasteiger charge is 2.34. The predicted molar refractivity (Wildman–Crippen MR) is 69.6 cm³/mol. The number of fused-ring (bicyclic) bond motifs is 3. The van der Waals surface area contributed by atoms with Gasteiger partial charge in [-0.15, -0.1) is 4.57 Å². The summed E-state index contributed by atoms with van der Waals surface area (Å²) in [5, 5.41) is 2.97. The molecule has 0 aliphatic carbocycles. The first-order valence-corrected chi connectivity index (χ1v) is 7.48. The number of thioether (sulfide) groups is 1. The summed E-state index contributed by atoms with van der Waals surface area (Å²) in [4.78, 5) is 1.20. The predicted octanol–water partition coefficient (Wildman–Crippen LogP) is 0.263. The van der Waals surface area contributed by atoms with E-state index in [9.17, 15) is 8.78 Å². The Hall–Kier alpha value is -0.410. The largest absolute Gasteiger partial charge is 1.00 e. The van der Waals surface area contributed by atoms with Crippen LogP contribution in [0.1, 0.15) is 10.6 Å². The lowest BCUT2D eigenvalue weighted by molar-refractivity contribution is -0.637. The highest BCUT2D eigenvalue weighted by atomic mass is 127. The maximum atomic E-state index is 13.8. The summed E-state index contributed by atoms with van der Waals surface area (Å²) < 4.78 is 30.1. The number of halogens is 3. The van der Waals surface area contributed by atoms with Crippen molar-refractivity contribution < 1.29 is 37.3 Å². The zero-order valence-electron chi connectivity index (χ0n) is 10.3. The van der Waals surface area contributed by atoms with Gasteiger partial charge in [0.15, 0.2) is 11.6 Å². The van der Waals surface area contributed by atoms with Gasteiger partial charge in [0.25, 0.3) is 0 Å². The van der Waals surface area contributed by atoms with Crippen LogP contribution in [-0.2, 0) is 6.54 Å². The zero-order chi connectivity index (χ0) is 12.9. The Morgan fingerprint density at radius 3 is 2.79 bits per heavy atom. The van der Waals surface area contributed by atoms with Crippen molar-refractivity contribution >= 4 is 28.8 Å². The molecule has 1 aliphatic rings. The van der Waals surface area contributed by atoms with Crippen LogP contribution in [-0.4, -0.2) is 6.26 Å². The van der Waals surface area contributed by atoms with Gasteiger partial charge >= 0.3 is 4.34 Å². The molecule has 0 spiro atoms. The van der Waals surface area contributed by atoms with Gasteiger partial charge in [-0.05, 0) is 31.0 Å². The molecule has 0 saturated heterocycles. The minimum Gasteiger partial charge on any atom is -1.00 e. The summed E-state index contributed by atoms with van der Waals surface area (Å²) in [7, 11) is 0. The van der Waals surface area contributed by atoms with Crippen molar-refractivity contribution in [3.05, 3.63) is 34.3 Å². The lowest BCUT2D eigenvalue weighted by Crippen LogP contribution is -3.00. The van der Waals surface area contributed by atoms with Crippen LogP contribution >= 0.6 is 23.1 Å². The van der Waals surface area contributed by atoms with Gasteiger partial charge in [-0.2, -0.15) is 0 Å². The standard InChI is InChI=1S/C12H11F2N2S2.HI/c1-6-9-5-15-11-8(4-3-7(13)10(11)14)16(9)12(17-2)18-6;/h3-4,15H,5H2,1-2H3;1H/q+1;/p-1. The van der Waals surface area contributed by atoms with E-state index in [4.69, 9.17) is 0 Å². The number of benzene rings is 1. The van der Waals surface area contributed by atoms with Gasteiger partial charge in [0, 0.05) is 6.07 Å². The SMILES string of the molecule is CSc1sc(C)c2[n+]1-c1ccc(F)c(F)c1NC2.[I-]. The molecule has 3 rings (SSSR count). The lowest BCUT2D eigenvalue weighted by atomic mass is 10.2. The first-order valence-electron chi connectivity index (χ1n) is 5.44. The van der Waals surface area contributed by atoms with Crippen LogP contribution < -0.4 is 33.9 Å². The summed E-state index contributed by atoms with van der Waals surface area (Å²) in [5.74, 6) is -1.62. The second kappa shape index (κ2) is 5.53. The molecule has 19 heavy (non-hydrogen) atoms. The third kappa shape index (κ3) is 2.25. The number of nitrogens with zero attached hydrogens (tertiary/aromatic N) is 1. The average Bonchev–Trinajstić information content (AvgIpc) is 2.71. The average molecular weight is 412 g/mol. The van der Waals surface area contributed by atoms with E-state index in [2.05, 4.69) is 5.32 Å². The van der Waals surface area contributed by atoms with E-state index in [1.54, 1.807) is 29.2 Å². The fraction of sp³-hybridized carbons (Fsp3) is 0.250. The number of hydrogen-bond donors (Lipinski definition) is 1. The Kier molecular flexibility index (Phi) is 4.36. The maximum absolute atomic E-state index is 13.8. The Balaban J connectivity index is 0.00000133. The number of anilines is 1. The molecule has 0 amide bonds. The Bertz CT molecular complexity index is 643. The molecule has 2 aromatic rings. The van der Waals surface area contributed by atoms with Crippen molar-refractivity contribution in [1.29, 1.82) is 0 Å². The summed E-state index contributed by atoms with van der Waals surface area (Å²) in [6, 6.07) is 2.80. The van der Waals surface area contributed by atoms with Gasteiger partial charge in [0.05, 0.1) is 4.88 Å². The number of aryl methyl sites for hydroxylation is 1. The van der Waals surface area contributed by atoms with Crippen LogP contribution in [0.25, 0.3) is 5.69 Å². The van der Waals surface area contributed by atoms with Crippen molar-refractivity contribution in [1.82, 2.24) is 0 Å².